The van der Waals surface area contributed by atoms with Gasteiger partial charge in [-0.2, -0.15) is 4.31 Å². The third-order valence-electron chi connectivity index (χ3n) is 4.48. The topological polar surface area (TPSA) is 87.5 Å². The van der Waals surface area contributed by atoms with Gasteiger partial charge in [0.15, 0.2) is 0 Å². The van der Waals surface area contributed by atoms with Crippen molar-refractivity contribution in [3.05, 3.63) is 48.0 Å². The van der Waals surface area contributed by atoms with Gasteiger partial charge in [-0.25, -0.2) is 8.42 Å². The van der Waals surface area contributed by atoms with Gasteiger partial charge in [0.1, 0.15) is 10.6 Å². The summed E-state index contributed by atoms with van der Waals surface area (Å²) in [5.41, 5.74) is 1.17. The fraction of sp³-hybridized carbons (Fsp3) is 0.412. The second kappa shape index (κ2) is 8.39. The summed E-state index contributed by atoms with van der Waals surface area (Å²) in [4.78, 5) is 17.9. The number of aromatic nitrogens is 2. The summed E-state index contributed by atoms with van der Waals surface area (Å²) in [6.45, 7) is 1.45. The molecule has 10 heteroatoms. The molecule has 0 bridgehead atoms. The van der Waals surface area contributed by atoms with E-state index >= 15 is 0 Å². The van der Waals surface area contributed by atoms with Crippen LogP contribution < -0.4 is 5.32 Å². The Bertz CT molecular complexity index is 899. The highest BCUT2D eigenvalue weighted by Gasteiger charge is 2.35. The van der Waals surface area contributed by atoms with Crippen molar-refractivity contribution in [1.82, 2.24) is 24.1 Å². The molecule has 0 aliphatic carbocycles. The number of amides is 1. The minimum Gasteiger partial charge on any atom is -0.345 e. The van der Waals surface area contributed by atoms with E-state index < -0.39 is 10.0 Å². The van der Waals surface area contributed by atoms with E-state index in [-0.39, 0.29) is 29.3 Å². The monoisotopic (exact) mass is 413 g/mol. The number of halogens is 1. The van der Waals surface area contributed by atoms with Gasteiger partial charge in [0.25, 0.3) is 5.91 Å². The predicted octanol–water partition coefficient (Wildman–Crippen LogP) is 0.879. The molecule has 0 radical (unpaired) electrons. The minimum atomic E-state index is -3.75. The summed E-state index contributed by atoms with van der Waals surface area (Å²) in [6, 6.07) is 4.78. The Kier molecular flexibility index (Phi) is 6.63. The molecule has 3 heterocycles. The fourth-order valence-electron chi connectivity index (χ4n) is 3.08. The number of rotatable bonds is 4. The average Bonchev–Trinajstić information content (AvgIpc) is 3.04. The Morgan fingerprint density at radius 1 is 1.37 bits per heavy atom. The van der Waals surface area contributed by atoms with E-state index in [0.29, 0.717) is 25.3 Å². The number of carbonyl (C=O) groups is 1. The Balaban J connectivity index is 0.00000261. The first kappa shape index (κ1) is 21.4. The van der Waals surface area contributed by atoms with Gasteiger partial charge in [-0.3, -0.25) is 9.78 Å². The van der Waals surface area contributed by atoms with Crippen LogP contribution in [0.15, 0.2) is 41.7 Å². The van der Waals surface area contributed by atoms with Crippen LogP contribution >= 0.6 is 12.4 Å². The molecule has 1 saturated heterocycles. The van der Waals surface area contributed by atoms with Crippen molar-refractivity contribution < 1.29 is 13.2 Å². The summed E-state index contributed by atoms with van der Waals surface area (Å²) in [5, 5.41) is 3.24. The van der Waals surface area contributed by atoms with E-state index in [1.54, 1.807) is 44.2 Å². The smallest absolute Gasteiger partial charge is 0.269 e. The molecule has 148 valence electrons. The number of carbonyl (C=O) groups excluding carboxylic acids is 1. The second-order valence-electron chi connectivity index (χ2n) is 6.49. The number of hydrogen-bond donors (Lipinski definition) is 1. The highest BCUT2D eigenvalue weighted by Crippen LogP contribution is 2.29. The maximum atomic E-state index is 13.3. The lowest BCUT2D eigenvalue weighted by Gasteiger charge is -2.35. The fourth-order valence-corrected chi connectivity index (χ4v) is 4.77. The number of nitrogens with one attached hydrogen (secondary N) is 1. The summed E-state index contributed by atoms with van der Waals surface area (Å²) in [7, 11) is 1.20. The zero-order chi connectivity index (χ0) is 18.9. The van der Waals surface area contributed by atoms with Crippen molar-refractivity contribution in [2.75, 3.05) is 33.7 Å². The molecule has 8 nitrogen and oxygen atoms in total. The average molecular weight is 414 g/mol. The molecule has 1 fully saturated rings. The summed E-state index contributed by atoms with van der Waals surface area (Å²) >= 11 is 0. The Hall–Kier alpha value is -1.94. The molecule has 1 N–H and O–H groups in total. The maximum absolute atomic E-state index is 13.3. The Morgan fingerprint density at radius 2 is 2.11 bits per heavy atom. The van der Waals surface area contributed by atoms with Crippen LogP contribution in [0.1, 0.15) is 22.1 Å². The number of piperazine rings is 1. The molecule has 2 aromatic heterocycles. The summed E-state index contributed by atoms with van der Waals surface area (Å²) in [5.74, 6) is -0.238. The molecule has 27 heavy (non-hydrogen) atoms. The SMILES string of the molecule is CN(C)C(=O)c1cc(S(=O)(=O)N2CCNCC2c2cccnc2)cn1C.Cl. The molecule has 2 aromatic rings. The Morgan fingerprint density at radius 3 is 2.74 bits per heavy atom. The minimum absolute atomic E-state index is 0. The molecule has 0 aromatic carbocycles. The second-order valence-corrected chi connectivity index (χ2v) is 8.38. The lowest BCUT2D eigenvalue weighted by Crippen LogP contribution is -2.48. The van der Waals surface area contributed by atoms with Gasteiger partial charge >= 0.3 is 0 Å². The van der Waals surface area contributed by atoms with E-state index in [1.807, 2.05) is 6.07 Å². The number of aryl methyl sites for hydroxylation is 1. The molecule has 1 aliphatic heterocycles. The van der Waals surface area contributed by atoms with Crippen molar-refractivity contribution in [3.8, 4) is 0 Å². The van der Waals surface area contributed by atoms with Crippen molar-refractivity contribution >= 4 is 28.3 Å². The number of hydrogen-bond acceptors (Lipinski definition) is 5. The zero-order valence-electron chi connectivity index (χ0n) is 15.5. The van der Waals surface area contributed by atoms with E-state index in [4.69, 9.17) is 0 Å². The van der Waals surface area contributed by atoms with Gasteiger partial charge in [-0.05, 0) is 17.7 Å². The maximum Gasteiger partial charge on any atom is 0.269 e. The van der Waals surface area contributed by atoms with Gasteiger partial charge < -0.3 is 14.8 Å². The predicted molar refractivity (Wildman–Crippen MR) is 104 cm³/mol. The quantitative estimate of drug-likeness (QED) is 0.803. The van der Waals surface area contributed by atoms with Crippen molar-refractivity contribution in [2.45, 2.75) is 10.9 Å². The number of nitrogens with zero attached hydrogens (tertiary/aromatic N) is 4. The van der Waals surface area contributed by atoms with Gasteiger partial charge in [0, 0.05) is 59.4 Å². The molecule has 1 amide bonds. The van der Waals surface area contributed by atoms with E-state index in [1.165, 1.54) is 21.5 Å². The van der Waals surface area contributed by atoms with Crippen LogP contribution in [-0.4, -0.2) is 66.8 Å². The van der Waals surface area contributed by atoms with Gasteiger partial charge in [-0.15, -0.1) is 12.4 Å². The molecule has 1 aliphatic rings. The van der Waals surface area contributed by atoms with Crippen LogP contribution in [0, 0.1) is 0 Å². The van der Waals surface area contributed by atoms with Crippen LogP contribution in [-0.2, 0) is 17.1 Å². The molecule has 0 spiro atoms. The first-order valence-corrected chi connectivity index (χ1v) is 9.77. The normalized spacial score (nSPS) is 18.0. The number of sulfonamides is 1. The van der Waals surface area contributed by atoms with Crippen LogP contribution in [0.4, 0.5) is 0 Å². The molecular weight excluding hydrogens is 390 g/mol. The Labute approximate surface area is 165 Å². The first-order valence-electron chi connectivity index (χ1n) is 8.33. The van der Waals surface area contributed by atoms with E-state index in [2.05, 4.69) is 10.3 Å². The first-order chi connectivity index (χ1) is 12.3. The highest BCUT2D eigenvalue weighted by atomic mass is 35.5. The third kappa shape index (κ3) is 4.16. The van der Waals surface area contributed by atoms with Crippen molar-refractivity contribution in [3.63, 3.8) is 0 Å². The highest BCUT2D eigenvalue weighted by molar-refractivity contribution is 7.89. The van der Waals surface area contributed by atoms with Gasteiger partial charge in [0.05, 0.1) is 6.04 Å². The van der Waals surface area contributed by atoms with Crippen molar-refractivity contribution in [2.24, 2.45) is 7.05 Å². The van der Waals surface area contributed by atoms with E-state index in [9.17, 15) is 13.2 Å². The lowest BCUT2D eigenvalue weighted by atomic mass is 10.1. The van der Waals surface area contributed by atoms with Gasteiger partial charge in [-0.1, -0.05) is 6.07 Å². The zero-order valence-corrected chi connectivity index (χ0v) is 17.1. The molecule has 1 unspecified atom stereocenters. The van der Waals surface area contributed by atoms with Crippen LogP contribution in [0.5, 0.6) is 0 Å². The standard InChI is InChI=1S/C17H23N5O3S.ClH/c1-20(2)17(23)15-9-14(12-21(15)3)26(24,25)22-8-7-19-11-16(22)13-5-4-6-18-10-13;/h4-6,9-10,12,16,19H,7-8,11H2,1-3H3;1H. The molecule has 1 atom stereocenters. The van der Waals surface area contributed by atoms with Crippen LogP contribution in [0.3, 0.4) is 0 Å². The molecule has 3 rings (SSSR count). The van der Waals surface area contributed by atoms with Crippen molar-refractivity contribution in [1.29, 1.82) is 0 Å². The molecule has 0 saturated carbocycles. The largest absolute Gasteiger partial charge is 0.345 e. The van der Waals surface area contributed by atoms with Crippen LogP contribution in [0.25, 0.3) is 0 Å². The lowest BCUT2D eigenvalue weighted by molar-refractivity contribution is 0.0818. The van der Waals surface area contributed by atoms with Gasteiger partial charge in [0.2, 0.25) is 10.0 Å². The number of pyridine rings is 1. The summed E-state index contributed by atoms with van der Waals surface area (Å²) in [6.07, 6.45) is 4.84. The summed E-state index contributed by atoms with van der Waals surface area (Å²) < 4.78 is 29.6. The molecular formula is C17H24ClN5O3S. The van der Waals surface area contributed by atoms with E-state index in [0.717, 1.165) is 5.56 Å². The van der Waals surface area contributed by atoms with Crippen LogP contribution in [0.2, 0.25) is 0 Å². The third-order valence-corrected chi connectivity index (χ3v) is 6.35.